The van der Waals surface area contributed by atoms with Crippen LogP contribution in [0.25, 0.3) is 0 Å². The van der Waals surface area contributed by atoms with Gasteiger partial charge in [-0.05, 0) is 35.7 Å². The predicted molar refractivity (Wildman–Crippen MR) is 123 cm³/mol. The van der Waals surface area contributed by atoms with Crippen molar-refractivity contribution in [2.75, 3.05) is 11.4 Å². The van der Waals surface area contributed by atoms with Gasteiger partial charge in [-0.2, -0.15) is 0 Å². The van der Waals surface area contributed by atoms with Crippen molar-refractivity contribution in [3.8, 4) is 0 Å². The van der Waals surface area contributed by atoms with Crippen LogP contribution in [0.1, 0.15) is 16.7 Å². The molecule has 7 nitrogen and oxygen atoms in total. The van der Waals surface area contributed by atoms with Crippen LogP contribution in [0.5, 0.6) is 0 Å². The first-order valence-electron chi connectivity index (χ1n) is 10.6. The van der Waals surface area contributed by atoms with Crippen LogP contribution in [0, 0.1) is 6.92 Å². The molecule has 0 atom stereocenters. The molecule has 3 aromatic carbocycles. The number of anilines is 1. The van der Waals surface area contributed by atoms with E-state index in [1.165, 1.54) is 4.90 Å². The van der Waals surface area contributed by atoms with E-state index in [9.17, 15) is 19.2 Å². The Bertz CT molecular complexity index is 1190. The minimum Gasteiger partial charge on any atom is -0.306 e. The highest BCUT2D eigenvalue weighted by Crippen LogP contribution is 2.21. The first-order valence-corrected chi connectivity index (χ1v) is 10.6. The van der Waals surface area contributed by atoms with Crippen molar-refractivity contribution >= 4 is 29.4 Å². The number of carbonyl (C=O) groups excluding carboxylic acids is 4. The molecule has 0 spiro atoms. The molecule has 0 aliphatic carbocycles. The van der Waals surface area contributed by atoms with Gasteiger partial charge in [-0.3, -0.25) is 19.3 Å². The topological polar surface area (TPSA) is 78.0 Å². The van der Waals surface area contributed by atoms with Crippen molar-refractivity contribution in [3.63, 3.8) is 0 Å². The highest BCUT2D eigenvalue weighted by molar-refractivity contribution is 6.45. The Balaban J connectivity index is 1.56. The number of urea groups is 1. The van der Waals surface area contributed by atoms with Crippen molar-refractivity contribution < 1.29 is 19.2 Å². The summed E-state index contributed by atoms with van der Waals surface area (Å²) < 4.78 is 0. The van der Waals surface area contributed by atoms with E-state index in [0.29, 0.717) is 11.3 Å². The monoisotopic (exact) mass is 441 g/mol. The lowest BCUT2D eigenvalue weighted by Gasteiger charge is -2.25. The fourth-order valence-corrected chi connectivity index (χ4v) is 3.70. The number of aryl methyl sites for hydroxylation is 1. The van der Waals surface area contributed by atoms with Crippen LogP contribution in [-0.4, -0.2) is 40.1 Å². The van der Waals surface area contributed by atoms with Crippen LogP contribution in [0.3, 0.4) is 0 Å². The third-order valence-electron chi connectivity index (χ3n) is 5.41. The molecule has 1 aliphatic heterocycles. The summed E-state index contributed by atoms with van der Waals surface area (Å²) in [6.07, 6.45) is 0. The molecule has 0 N–H and O–H groups in total. The summed E-state index contributed by atoms with van der Waals surface area (Å²) in [4.78, 5) is 54.4. The molecule has 0 radical (unpaired) electrons. The van der Waals surface area contributed by atoms with Gasteiger partial charge in [-0.15, -0.1) is 0 Å². The highest BCUT2D eigenvalue weighted by atomic mass is 16.2. The molecule has 0 unspecified atom stereocenters. The Hall–Kier alpha value is -4.26. The van der Waals surface area contributed by atoms with E-state index in [-0.39, 0.29) is 13.1 Å². The third-order valence-corrected chi connectivity index (χ3v) is 5.41. The highest BCUT2D eigenvalue weighted by Gasteiger charge is 2.45. The third kappa shape index (κ3) is 4.82. The SMILES string of the molecule is Cc1cccc(N(Cc2ccccc2)C(=O)CN2C(=O)C(=O)N(Cc3ccccc3)C2=O)c1. The lowest BCUT2D eigenvalue weighted by atomic mass is 10.1. The van der Waals surface area contributed by atoms with Gasteiger partial charge in [-0.1, -0.05) is 72.8 Å². The Morgan fingerprint density at radius 2 is 1.36 bits per heavy atom. The molecule has 7 heteroatoms. The van der Waals surface area contributed by atoms with Gasteiger partial charge in [0.2, 0.25) is 5.91 Å². The number of amides is 5. The average Bonchev–Trinajstić information content (AvgIpc) is 3.02. The maximum atomic E-state index is 13.3. The Kier molecular flexibility index (Phi) is 6.31. The lowest BCUT2D eigenvalue weighted by molar-refractivity contribution is -0.144. The molecule has 166 valence electrons. The van der Waals surface area contributed by atoms with E-state index in [2.05, 4.69) is 0 Å². The van der Waals surface area contributed by atoms with Crippen LogP contribution >= 0.6 is 0 Å². The molecule has 3 aromatic rings. The standard InChI is InChI=1S/C26H23N3O4/c1-19-9-8-14-22(15-19)27(16-20-10-4-2-5-11-20)23(30)18-29-25(32)24(31)28(26(29)33)17-21-12-6-3-7-13-21/h2-15H,16-18H2,1H3. The van der Waals surface area contributed by atoms with Gasteiger partial charge in [0.1, 0.15) is 6.54 Å². The smallest absolute Gasteiger partial charge is 0.306 e. The zero-order chi connectivity index (χ0) is 23.4. The second kappa shape index (κ2) is 9.48. The maximum Gasteiger partial charge on any atom is 0.335 e. The van der Waals surface area contributed by atoms with E-state index < -0.39 is 30.3 Å². The number of rotatable bonds is 7. The number of nitrogens with zero attached hydrogens (tertiary/aromatic N) is 3. The summed E-state index contributed by atoms with van der Waals surface area (Å²) >= 11 is 0. The molecule has 5 amide bonds. The van der Waals surface area contributed by atoms with Gasteiger partial charge in [0, 0.05) is 5.69 Å². The zero-order valence-corrected chi connectivity index (χ0v) is 18.2. The Morgan fingerprint density at radius 1 is 0.758 bits per heavy atom. The summed E-state index contributed by atoms with van der Waals surface area (Å²) in [5.41, 5.74) is 3.23. The lowest BCUT2D eigenvalue weighted by Crippen LogP contribution is -2.43. The average molecular weight is 441 g/mol. The molecule has 0 bridgehead atoms. The van der Waals surface area contributed by atoms with Gasteiger partial charge in [-0.25, -0.2) is 9.69 Å². The zero-order valence-electron chi connectivity index (χ0n) is 18.2. The van der Waals surface area contributed by atoms with Crippen molar-refractivity contribution in [1.29, 1.82) is 0 Å². The van der Waals surface area contributed by atoms with Crippen LogP contribution in [0.4, 0.5) is 10.5 Å². The first-order chi connectivity index (χ1) is 15.9. The number of imide groups is 2. The fraction of sp³-hybridized carbons (Fsp3) is 0.154. The molecule has 1 aliphatic rings. The summed E-state index contributed by atoms with van der Waals surface area (Å²) in [6, 6.07) is 25.0. The van der Waals surface area contributed by atoms with Crippen molar-refractivity contribution in [2.24, 2.45) is 0 Å². The van der Waals surface area contributed by atoms with Gasteiger partial charge in [0.25, 0.3) is 0 Å². The number of benzene rings is 3. The minimum atomic E-state index is -0.992. The number of carbonyl (C=O) groups is 4. The minimum absolute atomic E-state index is 0.0272. The van der Waals surface area contributed by atoms with Gasteiger partial charge in [0.15, 0.2) is 0 Å². The fourth-order valence-electron chi connectivity index (χ4n) is 3.70. The van der Waals surface area contributed by atoms with E-state index in [1.807, 2.05) is 61.5 Å². The van der Waals surface area contributed by atoms with Crippen LogP contribution in [0.2, 0.25) is 0 Å². The number of hydrogen-bond donors (Lipinski definition) is 0. The van der Waals surface area contributed by atoms with Gasteiger partial charge >= 0.3 is 17.8 Å². The summed E-state index contributed by atoms with van der Waals surface area (Å²) in [5.74, 6) is -2.38. The van der Waals surface area contributed by atoms with Gasteiger partial charge < -0.3 is 4.90 Å². The van der Waals surface area contributed by atoms with Crippen molar-refractivity contribution in [3.05, 3.63) is 102 Å². The van der Waals surface area contributed by atoms with E-state index in [1.54, 1.807) is 30.3 Å². The normalized spacial score (nSPS) is 13.5. The molecule has 33 heavy (non-hydrogen) atoms. The first kappa shape index (κ1) is 22.0. The molecular weight excluding hydrogens is 418 g/mol. The van der Waals surface area contributed by atoms with E-state index in [0.717, 1.165) is 20.9 Å². The molecule has 1 saturated heterocycles. The molecule has 4 rings (SSSR count). The molecule has 1 fully saturated rings. The van der Waals surface area contributed by atoms with Crippen molar-refractivity contribution in [1.82, 2.24) is 9.80 Å². The van der Waals surface area contributed by atoms with E-state index in [4.69, 9.17) is 0 Å². The molecule has 0 aromatic heterocycles. The largest absolute Gasteiger partial charge is 0.335 e. The maximum absolute atomic E-state index is 13.3. The Morgan fingerprint density at radius 3 is 2.00 bits per heavy atom. The molecule has 1 heterocycles. The second-order valence-electron chi connectivity index (χ2n) is 7.86. The van der Waals surface area contributed by atoms with Gasteiger partial charge in [0.05, 0.1) is 13.1 Å². The summed E-state index contributed by atoms with van der Waals surface area (Å²) in [6.45, 7) is 1.64. The predicted octanol–water partition coefficient (Wildman–Crippen LogP) is 3.52. The number of hydrogen-bond acceptors (Lipinski definition) is 4. The molecular formula is C26H23N3O4. The molecule has 0 saturated carbocycles. The van der Waals surface area contributed by atoms with Crippen LogP contribution in [-0.2, 0) is 27.5 Å². The van der Waals surface area contributed by atoms with Crippen molar-refractivity contribution in [2.45, 2.75) is 20.0 Å². The van der Waals surface area contributed by atoms with Crippen LogP contribution < -0.4 is 4.90 Å². The second-order valence-corrected chi connectivity index (χ2v) is 7.86. The Labute approximate surface area is 191 Å². The van der Waals surface area contributed by atoms with Crippen LogP contribution in [0.15, 0.2) is 84.9 Å². The summed E-state index contributed by atoms with van der Waals surface area (Å²) in [5, 5.41) is 0. The summed E-state index contributed by atoms with van der Waals surface area (Å²) in [7, 11) is 0. The quantitative estimate of drug-likeness (QED) is 0.415. The van der Waals surface area contributed by atoms with E-state index >= 15 is 0 Å².